The fraction of sp³-hybridized carbons (Fsp3) is 0.227. The molecule has 1 N–H and O–H groups in total. The third kappa shape index (κ3) is 4.70. The zero-order chi connectivity index (χ0) is 19.2. The van der Waals surface area contributed by atoms with Crippen molar-refractivity contribution in [2.75, 3.05) is 20.8 Å². The molecule has 0 saturated carbocycles. The van der Waals surface area contributed by atoms with E-state index in [9.17, 15) is 4.79 Å². The highest BCUT2D eigenvalue weighted by molar-refractivity contribution is 5.84. The predicted molar refractivity (Wildman–Crippen MR) is 106 cm³/mol. The average molecular weight is 365 g/mol. The molecule has 0 bridgehead atoms. The second-order valence-electron chi connectivity index (χ2n) is 6.27. The van der Waals surface area contributed by atoms with Crippen molar-refractivity contribution >= 4 is 16.7 Å². The molecule has 0 spiro atoms. The number of ether oxygens (including phenoxy) is 3. The fourth-order valence-electron chi connectivity index (χ4n) is 2.80. The summed E-state index contributed by atoms with van der Waals surface area (Å²) in [4.78, 5) is 12.1. The Bertz CT molecular complexity index is 952. The molecule has 3 rings (SSSR count). The lowest BCUT2D eigenvalue weighted by atomic mass is 10.1. The molecule has 0 radical (unpaired) electrons. The van der Waals surface area contributed by atoms with Crippen molar-refractivity contribution in [2.24, 2.45) is 0 Å². The van der Waals surface area contributed by atoms with E-state index in [4.69, 9.17) is 14.2 Å². The van der Waals surface area contributed by atoms with Crippen LogP contribution in [0.3, 0.4) is 0 Å². The number of aryl methyl sites for hydroxylation is 1. The number of hydrogen-bond donors (Lipinski definition) is 1. The second-order valence-corrected chi connectivity index (χ2v) is 6.27. The van der Waals surface area contributed by atoms with E-state index < -0.39 is 0 Å². The lowest BCUT2D eigenvalue weighted by molar-refractivity contribution is -0.123. The van der Waals surface area contributed by atoms with Crippen molar-refractivity contribution in [3.63, 3.8) is 0 Å². The second kappa shape index (κ2) is 8.45. The minimum absolute atomic E-state index is 0.0653. The monoisotopic (exact) mass is 365 g/mol. The molecule has 0 aliphatic rings. The Labute approximate surface area is 158 Å². The predicted octanol–water partition coefficient (Wildman–Crippen LogP) is 3.86. The molecule has 0 aliphatic heterocycles. The standard InChI is InChI=1S/C22H23NO4/c1-15-4-9-20(21(10-15)26-3)27-14-22(24)23-13-16-5-6-18-12-19(25-2)8-7-17(18)11-16/h4-12H,13-14H2,1-3H3,(H,23,24). The average Bonchev–Trinajstić information content (AvgIpc) is 2.70. The van der Waals surface area contributed by atoms with E-state index in [1.54, 1.807) is 20.3 Å². The zero-order valence-corrected chi connectivity index (χ0v) is 15.7. The van der Waals surface area contributed by atoms with Crippen LogP contribution in [0.5, 0.6) is 17.2 Å². The number of carbonyl (C=O) groups excluding carboxylic acids is 1. The van der Waals surface area contributed by atoms with Gasteiger partial charge in [0.15, 0.2) is 18.1 Å². The van der Waals surface area contributed by atoms with Gasteiger partial charge >= 0.3 is 0 Å². The molecule has 0 fully saturated rings. The van der Waals surface area contributed by atoms with Gasteiger partial charge in [-0.2, -0.15) is 0 Å². The SMILES string of the molecule is COc1ccc2cc(CNC(=O)COc3ccc(C)cc3OC)ccc2c1. The van der Waals surface area contributed by atoms with Gasteiger partial charge in [0.1, 0.15) is 5.75 Å². The number of fused-ring (bicyclic) bond motifs is 1. The number of carbonyl (C=O) groups is 1. The molecule has 5 heteroatoms. The van der Waals surface area contributed by atoms with Gasteiger partial charge in [0.2, 0.25) is 0 Å². The third-order valence-corrected chi connectivity index (χ3v) is 4.28. The van der Waals surface area contributed by atoms with E-state index in [-0.39, 0.29) is 12.5 Å². The van der Waals surface area contributed by atoms with Crippen LogP contribution in [-0.4, -0.2) is 26.7 Å². The van der Waals surface area contributed by atoms with E-state index >= 15 is 0 Å². The lowest BCUT2D eigenvalue weighted by Gasteiger charge is -2.12. The van der Waals surface area contributed by atoms with Crippen molar-refractivity contribution < 1.29 is 19.0 Å². The van der Waals surface area contributed by atoms with Crippen molar-refractivity contribution in [3.05, 3.63) is 65.7 Å². The Morgan fingerprint density at radius 3 is 2.44 bits per heavy atom. The summed E-state index contributed by atoms with van der Waals surface area (Å²) in [6.07, 6.45) is 0. The van der Waals surface area contributed by atoms with Crippen molar-refractivity contribution in [2.45, 2.75) is 13.5 Å². The molecule has 0 heterocycles. The maximum absolute atomic E-state index is 12.1. The smallest absolute Gasteiger partial charge is 0.258 e. The van der Waals surface area contributed by atoms with Gasteiger partial charge in [0, 0.05) is 6.54 Å². The Balaban J connectivity index is 1.57. The number of benzene rings is 3. The zero-order valence-electron chi connectivity index (χ0n) is 15.7. The first kappa shape index (κ1) is 18.6. The summed E-state index contributed by atoms with van der Waals surface area (Å²) < 4.78 is 16.1. The molecular formula is C22H23NO4. The van der Waals surface area contributed by atoms with E-state index in [1.807, 2.05) is 49.4 Å². The van der Waals surface area contributed by atoms with Gasteiger partial charge in [0.05, 0.1) is 14.2 Å². The van der Waals surface area contributed by atoms with Crippen LogP contribution >= 0.6 is 0 Å². The Kier molecular flexibility index (Phi) is 5.81. The highest BCUT2D eigenvalue weighted by atomic mass is 16.5. The number of hydrogen-bond acceptors (Lipinski definition) is 4. The molecule has 0 aromatic heterocycles. The minimum Gasteiger partial charge on any atom is -0.497 e. The largest absolute Gasteiger partial charge is 0.497 e. The molecule has 0 atom stereocenters. The van der Waals surface area contributed by atoms with E-state index in [0.29, 0.717) is 18.0 Å². The van der Waals surface area contributed by atoms with Crippen LogP contribution in [0.1, 0.15) is 11.1 Å². The molecule has 0 aliphatic carbocycles. The van der Waals surface area contributed by atoms with Crippen LogP contribution in [0.2, 0.25) is 0 Å². The van der Waals surface area contributed by atoms with Crippen LogP contribution in [0.15, 0.2) is 54.6 Å². The molecule has 0 unspecified atom stereocenters. The van der Waals surface area contributed by atoms with Crippen LogP contribution in [0, 0.1) is 6.92 Å². The summed E-state index contributed by atoms with van der Waals surface area (Å²) >= 11 is 0. The molecule has 1 amide bonds. The molecule has 3 aromatic rings. The number of rotatable bonds is 7. The van der Waals surface area contributed by atoms with Crippen LogP contribution < -0.4 is 19.5 Å². The number of amides is 1. The summed E-state index contributed by atoms with van der Waals surface area (Å²) in [5.41, 5.74) is 2.09. The normalized spacial score (nSPS) is 10.5. The van der Waals surface area contributed by atoms with Crippen molar-refractivity contribution in [1.82, 2.24) is 5.32 Å². The van der Waals surface area contributed by atoms with Gasteiger partial charge in [-0.3, -0.25) is 4.79 Å². The summed E-state index contributed by atoms with van der Waals surface area (Å²) in [5.74, 6) is 1.81. The number of methoxy groups -OCH3 is 2. The molecule has 27 heavy (non-hydrogen) atoms. The van der Waals surface area contributed by atoms with Crippen LogP contribution in [0.4, 0.5) is 0 Å². The van der Waals surface area contributed by atoms with Crippen LogP contribution in [-0.2, 0) is 11.3 Å². The highest BCUT2D eigenvalue weighted by Crippen LogP contribution is 2.27. The molecule has 3 aromatic carbocycles. The molecule has 5 nitrogen and oxygen atoms in total. The minimum atomic E-state index is -0.188. The third-order valence-electron chi connectivity index (χ3n) is 4.28. The summed E-state index contributed by atoms with van der Waals surface area (Å²) in [7, 11) is 3.23. The maximum Gasteiger partial charge on any atom is 0.258 e. The van der Waals surface area contributed by atoms with Gasteiger partial charge < -0.3 is 19.5 Å². The van der Waals surface area contributed by atoms with Gasteiger partial charge in [-0.05, 0) is 59.2 Å². The van der Waals surface area contributed by atoms with Gasteiger partial charge in [-0.15, -0.1) is 0 Å². The van der Waals surface area contributed by atoms with E-state index in [1.165, 1.54) is 0 Å². The van der Waals surface area contributed by atoms with E-state index in [2.05, 4.69) is 11.4 Å². The van der Waals surface area contributed by atoms with Gasteiger partial charge in [0.25, 0.3) is 5.91 Å². The first-order valence-corrected chi connectivity index (χ1v) is 8.70. The maximum atomic E-state index is 12.1. The Hall–Kier alpha value is -3.21. The lowest BCUT2D eigenvalue weighted by Crippen LogP contribution is -2.28. The number of nitrogens with one attached hydrogen (secondary N) is 1. The van der Waals surface area contributed by atoms with Gasteiger partial charge in [-0.1, -0.05) is 24.3 Å². The Morgan fingerprint density at radius 1 is 0.889 bits per heavy atom. The summed E-state index contributed by atoms with van der Waals surface area (Å²) in [6.45, 7) is 2.35. The molecule has 140 valence electrons. The van der Waals surface area contributed by atoms with E-state index in [0.717, 1.165) is 27.6 Å². The van der Waals surface area contributed by atoms with Crippen molar-refractivity contribution in [1.29, 1.82) is 0 Å². The summed E-state index contributed by atoms with van der Waals surface area (Å²) in [6, 6.07) is 17.6. The molecular weight excluding hydrogens is 342 g/mol. The fourth-order valence-corrected chi connectivity index (χ4v) is 2.80. The quantitative estimate of drug-likeness (QED) is 0.691. The first-order chi connectivity index (χ1) is 13.1. The molecule has 0 saturated heterocycles. The topological polar surface area (TPSA) is 56.8 Å². The Morgan fingerprint density at radius 2 is 1.67 bits per heavy atom. The van der Waals surface area contributed by atoms with Crippen LogP contribution in [0.25, 0.3) is 10.8 Å². The first-order valence-electron chi connectivity index (χ1n) is 8.70. The van der Waals surface area contributed by atoms with Gasteiger partial charge in [-0.25, -0.2) is 0 Å². The summed E-state index contributed by atoms with van der Waals surface area (Å²) in [5, 5.41) is 5.07. The van der Waals surface area contributed by atoms with Crippen molar-refractivity contribution in [3.8, 4) is 17.2 Å². The highest BCUT2D eigenvalue weighted by Gasteiger charge is 2.08.